The standard InChI is InChI=1S/C11H20O3/c1-8(2)10(14-12)5-6-11(4)9(3)7-13-11/h9-10,12H,1,5-7H2,2-4H3/t9-,10-,11+/m1/s1. The van der Waals surface area contributed by atoms with E-state index in [0.29, 0.717) is 5.92 Å². The fourth-order valence-electron chi connectivity index (χ4n) is 1.66. The highest BCUT2D eigenvalue weighted by molar-refractivity contribution is 4.99. The average Bonchev–Trinajstić information content (AvgIpc) is 2.15. The molecule has 1 fully saturated rings. The van der Waals surface area contributed by atoms with Crippen LogP contribution in [0.1, 0.15) is 33.6 Å². The first-order valence-electron chi connectivity index (χ1n) is 5.09. The van der Waals surface area contributed by atoms with Crippen LogP contribution in [0.4, 0.5) is 0 Å². The molecular weight excluding hydrogens is 180 g/mol. The number of rotatable bonds is 5. The van der Waals surface area contributed by atoms with E-state index in [4.69, 9.17) is 9.99 Å². The first-order chi connectivity index (χ1) is 6.49. The Morgan fingerprint density at radius 2 is 2.43 bits per heavy atom. The first-order valence-corrected chi connectivity index (χ1v) is 5.09. The van der Waals surface area contributed by atoms with Crippen LogP contribution in [0.15, 0.2) is 12.2 Å². The van der Waals surface area contributed by atoms with Gasteiger partial charge in [0.05, 0.1) is 12.2 Å². The van der Waals surface area contributed by atoms with Crippen molar-refractivity contribution in [1.29, 1.82) is 0 Å². The summed E-state index contributed by atoms with van der Waals surface area (Å²) in [5.41, 5.74) is 0.815. The van der Waals surface area contributed by atoms with E-state index in [1.54, 1.807) is 0 Å². The molecule has 1 aliphatic rings. The summed E-state index contributed by atoms with van der Waals surface area (Å²) in [4.78, 5) is 4.36. The van der Waals surface area contributed by atoms with Gasteiger partial charge in [0.1, 0.15) is 6.10 Å². The van der Waals surface area contributed by atoms with Crippen LogP contribution in [0.5, 0.6) is 0 Å². The molecule has 0 unspecified atom stereocenters. The maximum atomic E-state index is 8.65. The summed E-state index contributed by atoms with van der Waals surface area (Å²) in [6, 6.07) is 0. The summed E-state index contributed by atoms with van der Waals surface area (Å²) in [5.74, 6) is 0.590. The third kappa shape index (κ3) is 2.35. The SMILES string of the molecule is C=C(C)[C@@H](CC[C@]1(C)OC[C@H]1C)OO. The van der Waals surface area contributed by atoms with E-state index in [-0.39, 0.29) is 11.7 Å². The number of ether oxygens (including phenoxy) is 1. The van der Waals surface area contributed by atoms with Crippen molar-refractivity contribution in [2.75, 3.05) is 6.61 Å². The van der Waals surface area contributed by atoms with Crippen molar-refractivity contribution in [1.82, 2.24) is 0 Å². The zero-order valence-corrected chi connectivity index (χ0v) is 9.25. The zero-order valence-electron chi connectivity index (χ0n) is 9.25. The topological polar surface area (TPSA) is 38.7 Å². The monoisotopic (exact) mass is 200 g/mol. The molecule has 0 spiro atoms. The lowest BCUT2D eigenvalue weighted by molar-refractivity contribution is -0.274. The van der Waals surface area contributed by atoms with Gasteiger partial charge in [-0.15, -0.1) is 0 Å². The first kappa shape index (κ1) is 11.7. The molecule has 82 valence electrons. The maximum Gasteiger partial charge on any atom is 0.113 e. The second kappa shape index (κ2) is 4.43. The molecule has 0 radical (unpaired) electrons. The Bertz CT molecular complexity index is 215. The summed E-state index contributed by atoms with van der Waals surface area (Å²) >= 11 is 0. The Labute approximate surface area is 85.6 Å². The highest BCUT2D eigenvalue weighted by Crippen LogP contribution is 2.37. The molecule has 0 aromatic heterocycles. The Kier molecular flexibility index (Phi) is 3.70. The summed E-state index contributed by atoms with van der Waals surface area (Å²) < 4.78 is 5.54. The second-order valence-corrected chi connectivity index (χ2v) is 4.50. The van der Waals surface area contributed by atoms with Gasteiger partial charge in [0.2, 0.25) is 0 Å². The van der Waals surface area contributed by atoms with Gasteiger partial charge in [-0.05, 0) is 32.3 Å². The van der Waals surface area contributed by atoms with Gasteiger partial charge < -0.3 is 4.74 Å². The van der Waals surface area contributed by atoms with Crippen molar-refractivity contribution in [2.24, 2.45) is 5.92 Å². The molecule has 0 saturated carbocycles. The lowest BCUT2D eigenvalue weighted by Crippen LogP contribution is -2.50. The molecule has 1 saturated heterocycles. The molecule has 3 nitrogen and oxygen atoms in total. The second-order valence-electron chi connectivity index (χ2n) is 4.50. The lowest BCUT2D eigenvalue weighted by atomic mass is 9.81. The highest BCUT2D eigenvalue weighted by atomic mass is 17.1. The van der Waals surface area contributed by atoms with Crippen LogP contribution in [0, 0.1) is 5.92 Å². The molecule has 1 N–H and O–H groups in total. The predicted molar refractivity (Wildman–Crippen MR) is 55.1 cm³/mol. The van der Waals surface area contributed by atoms with E-state index in [0.717, 1.165) is 25.0 Å². The summed E-state index contributed by atoms with van der Waals surface area (Å²) in [5, 5.41) is 8.65. The van der Waals surface area contributed by atoms with Crippen molar-refractivity contribution in [3.63, 3.8) is 0 Å². The minimum absolute atomic E-state index is 0.0355. The lowest BCUT2D eigenvalue weighted by Gasteiger charge is -2.46. The molecule has 0 aliphatic carbocycles. The van der Waals surface area contributed by atoms with Gasteiger partial charge in [-0.2, -0.15) is 0 Å². The third-order valence-corrected chi connectivity index (χ3v) is 3.29. The van der Waals surface area contributed by atoms with Gasteiger partial charge >= 0.3 is 0 Å². The van der Waals surface area contributed by atoms with Gasteiger partial charge in [0.15, 0.2) is 0 Å². The van der Waals surface area contributed by atoms with Crippen molar-refractivity contribution in [3.8, 4) is 0 Å². The highest BCUT2D eigenvalue weighted by Gasteiger charge is 2.41. The van der Waals surface area contributed by atoms with Crippen molar-refractivity contribution >= 4 is 0 Å². The van der Waals surface area contributed by atoms with Gasteiger partial charge in [-0.3, -0.25) is 5.26 Å². The maximum absolute atomic E-state index is 8.65. The number of hydrogen-bond acceptors (Lipinski definition) is 3. The third-order valence-electron chi connectivity index (χ3n) is 3.29. The Balaban J connectivity index is 2.35. The molecule has 3 heteroatoms. The fourth-order valence-corrected chi connectivity index (χ4v) is 1.66. The van der Waals surface area contributed by atoms with Gasteiger partial charge in [-0.1, -0.05) is 13.5 Å². The van der Waals surface area contributed by atoms with Crippen LogP contribution in [0.3, 0.4) is 0 Å². The molecule has 1 heterocycles. The summed E-state index contributed by atoms with van der Waals surface area (Å²) in [6.45, 7) is 10.7. The normalized spacial score (nSPS) is 33.6. The molecule has 1 aliphatic heterocycles. The van der Waals surface area contributed by atoms with Crippen LogP contribution in [0.2, 0.25) is 0 Å². The smallest absolute Gasteiger partial charge is 0.113 e. The van der Waals surface area contributed by atoms with E-state index in [9.17, 15) is 0 Å². The Morgan fingerprint density at radius 3 is 2.71 bits per heavy atom. The summed E-state index contributed by atoms with van der Waals surface area (Å²) in [6.07, 6.45) is 1.39. The average molecular weight is 200 g/mol. The molecular formula is C11H20O3. The van der Waals surface area contributed by atoms with Gasteiger partial charge in [0, 0.05) is 5.92 Å². The minimum atomic E-state index is -0.261. The van der Waals surface area contributed by atoms with Gasteiger partial charge in [0.25, 0.3) is 0 Å². The van der Waals surface area contributed by atoms with Crippen molar-refractivity contribution < 1.29 is 14.9 Å². The predicted octanol–water partition coefficient (Wildman–Crippen LogP) is 2.63. The van der Waals surface area contributed by atoms with Crippen molar-refractivity contribution in [2.45, 2.75) is 45.3 Å². The zero-order chi connectivity index (χ0) is 10.8. The molecule has 1 rings (SSSR count). The van der Waals surface area contributed by atoms with Gasteiger partial charge in [-0.25, -0.2) is 4.89 Å². The molecule has 0 aromatic carbocycles. The molecule has 0 aromatic rings. The van der Waals surface area contributed by atoms with Crippen LogP contribution in [-0.2, 0) is 9.62 Å². The van der Waals surface area contributed by atoms with E-state index in [2.05, 4.69) is 25.3 Å². The largest absolute Gasteiger partial charge is 0.375 e. The molecule has 3 atom stereocenters. The minimum Gasteiger partial charge on any atom is -0.375 e. The van der Waals surface area contributed by atoms with Crippen LogP contribution < -0.4 is 0 Å². The van der Waals surface area contributed by atoms with E-state index >= 15 is 0 Å². The van der Waals surface area contributed by atoms with Crippen LogP contribution in [-0.4, -0.2) is 23.6 Å². The van der Waals surface area contributed by atoms with Crippen molar-refractivity contribution in [3.05, 3.63) is 12.2 Å². The Hall–Kier alpha value is -0.380. The molecule has 0 amide bonds. The van der Waals surface area contributed by atoms with E-state index < -0.39 is 0 Å². The van der Waals surface area contributed by atoms with Crippen LogP contribution >= 0.6 is 0 Å². The fraction of sp³-hybridized carbons (Fsp3) is 0.818. The molecule has 0 bridgehead atoms. The van der Waals surface area contributed by atoms with Crippen LogP contribution in [0.25, 0.3) is 0 Å². The van der Waals surface area contributed by atoms with E-state index in [1.807, 2.05) is 6.92 Å². The summed E-state index contributed by atoms with van der Waals surface area (Å²) in [7, 11) is 0. The molecule has 14 heavy (non-hydrogen) atoms. The number of hydrogen-bond donors (Lipinski definition) is 1. The van der Waals surface area contributed by atoms with E-state index in [1.165, 1.54) is 0 Å². The quantitative estimate of drug-likeness (QED) is 0.421. The Morgan fingerprint density at radius 1 is 1.79 bits per heavy atom.